The summed E-state index contributed by atoms with van der Waals surface area (Å²) in [7, 11) is -1.09. The lowest BCUT2D eigenvalue weighted by molar-refractivity contribution is -0.126. The molecule has 2 aromatic carbocycles. The van der Waals surface area contributed by atoms with Crippen molar-refractivity contribution < 1.29 is 22.7 Å². The number of benzene rings is 2. The zero-order valence-corrected chi connectivity index (χ0v) is 16.2. The van der Waals surface area contributed by atoms with E-state index in [9.17, 15) is 13.2 Å². The highest BCUT2D eigenvalue weighted by Gasteiger charge is 2.40. The van der Waals surface area contributed by atoms with Crippen LogP contribution < -0.4 is 14.8 Å². The summed E-state index contributed by atoms with van der Waals surface area (Å²) in [5.74, 6) is 0.307. The minimum Gasteiger partial charge on any atom is -0.497 e. The summed E-state index contributed by atoms with van der Waals surface area (Å²) in [5.41, 5.74) is 1.65. The van der Waals surface area contributed by atoms with E-state index in [1.807, 2.05) is 19.1 Å². The van der Waals surface area contributed by atoms with Crippen molar-refractivity contribution in [2.75, 3.05) is 27.3 Å². The number of hydrogen-bond donors (Lipinski definition) is 1. The molecule has 1 N–H and O–H groups in total. The Bertz CT molecular complexity index is 941. The van der Waals surface area contributed by atoms with Crippen LogP contribution in [0.25, 0.3) is 0 Å². The highest BCUT2D eigenvalue weighted by Crippen LogP contribution is 2.35. The second-order valence-corrected chi connectivity index (χ2v) is 8.10. The summed E-state index contributed by atoms with van der Waals surface area (Å²) in [6.07, 6.45) is 0. The highest BCUT2D eigenvalue weighted by atomic mass is 32.2. The Labute approximate surface area is 158 Å². The van der Waals surface area contributed by atoms with Crippen molar-refractivity contribution in [1.82, 2.24) is 9.62 Å². The molecular formula is C19H22N2O5S. The van der Waals surface area contributed by atoms with Gasteiger partial charge in [0.05, 0.1) is 14.2 Å². The molecule has 0 aromatic heterocycles. The number of amides is 1. The molecular weight excluding hydrogens is 368 g/mol. The summed E-state index contributed by atoms with van der Waals surface area (Å²) in [5, 5.41) is 2.75. The summed E-state index contributed by atoms with van der Waals surface area (Å²) in [6, 6.07) is 10.8. The van der Waals surface area contributed by atoms with E-state index in [0.717, 1.165) is 5.56 Å². The zero-order valence-electron chi connectivity index (χ0n) is 15.4. The van der Waals surface area contributed by atoms with Crippen LogP contribution in [0.2, 0.25) is 0 Å². The lowest BCUT2D eigenvalue weighted by Crippen LogP contribution is -2.52. The number of nitrogens with one attached hydrogen (secondary N) is 1. The minimum atomic E-state index is -3.98. The number of aryl methyl sites for hydroxylation is 1. The molecule has 144 valence electrons. The van der Waals surface area contributed by atoms with Crippen molar-refractivity contribution in [2.24, 2.45) is 0 Å². The fourth-order valence-corrected chi connectivity index (χ4v) is 4.80. The van der Waals surface area contributed by atoms with E-state index in [-0.39, 0.29) is 29.6 Å². The molecule has 7 nitrogen and oxygen atoms in total. The number of ether oxygens (including phenoxy) is 2. The largest absolute Gasteiger partial charge is 0.497 e. The summed E-state index contributed by atoms with van der Waals surface area (Å²) in [4.78, 5) is 12.6. The third-order valence-corrected chi connectivity index (χ3v) is 6.42. The number of sulfonamides is 1. The van der Waals surface area contributed by atoms with Crippen LogP contribution in [0, 0.1) is 6.92 Å². The number of nitrogens with zero attached hydrogens (tertiary/aromatic N) is 1. The van der Waals surface area contributed by atoms with E-state index >= 15 is 0 Å². The van der Waals surface area contributed by atoms with E-state index in [4.69, 9.17) is 9.47 Å². The first-order valence-electron chi connectivity index (χ1n) is 8.46. The Balaban J connectivity index is 2.08. The maximum atomic E-state index is 13.4. The van der Waals surface area contributed by atoms with E-state index in [0.29, 0.717) is 11.3 Å². The maximum Gasteiger partial charge on any atom is 0.247 e. The number of carbonyl (C=O) groups is 1. The van der Waals surface area contributed by atoms with Crippen LogP contribution in [0.4, 0.5) is 0 Å². The van der Waals surface area contributed by atoms with Gasteiger partial charge < -0.3 is 14.8 Å². The van der Waals surface area contributed by atoms with Crippen LogP contribution in [0.5, 0.6) is 11.5 Å². The standard InChI is InChI=1S/C19H22N2O5S/c1-13-4-6-14(7-5-13)18-19(22)20-10-11-21(18)27(23,24)17-9-8-15(25-2)12-16(17)26-3/h4-9,12,18H,10-11H2,1-3H3,(H,20,22). The molecule has 1 saturated heterocycles. The molecule has 8 heteroatoms. The number of methoxy groups -OCH3 is 2. The highest BCUT2D eigenvalue weighted by molar-refractivity contribution is 7.89. The van der Waals surface area contributed by atoms with Gasteiger partial charge in [0.25, 0.3) is 0 Å². The average Bonchev–Trinajstić information content (AvgIpc) is 2.68. The predicted molar refractivity (Wildman–Crippen MR) is 100 cm³/mol. The van der Waals surface area contributed by atoms with Crippen LogP contribution in [-0.4, -0.2) is 45.9 Å². The first-order valence-corrected chi connectivity index (χ1v) is 9.90. The molecule has 1 aliphatic rings. The molecule has 1 heterocycles. The number of rotatable bonds is 5. The Hall–Kier alpha value is -2.58. The molecule has 3 rings (SSSR count). The maximum absolute atomic E-state index is 13.4. The van der Waals surface area contributed by atoms with Gasteiger partial charge in [0.15, 0.2) is 0 Å². The Morgan fingerprint density at radius 2 is 1.78 bits per heavy atom. The second kappa shape index (κ2) is 7.58. The van der Waals surface area contributed by atoms with Crippen molar-refractivity contribution in [3.8, 4) is 11.5 Å². The van der Waals surface area contributed by atoms with Crippen LogP contribution in [0.3, 0.4) is 0 Å². The number of carbonyl (C=O) groups excluding carboxylic acids is 1. The van der Waals surface area contributed by atoms with Crippen LogP contribution in [0.15, 0.2) is 47.4 Å². The van der Waals surface area contributed by atoms with Gasteiger partial charge in [-0.15, -0.1) is 0 Å². The van der Waals surface area contributed by atoms with Gasteiger partial charge in [-0.05, 0) is 24.6 Å². The average molecular weight is 390 g/mol. The van der Waals surface area contributed by atoms with Gasteiger partial charge in [-0.2, -0.15) is 4.31 Å². The third-order valence-electron chi connectivity index (χ3n) is 4.52. The van der Waals surface area contributed by atoms with E-state index in [1.165, 1.54) is 30.7 Å². The first-order chi connectivity index (χ1) is 12.9. The topological polar surface area (TPSA) is 84.9 Å². The van der Waals surface area contributed by atoms with Gasteiger partial charge in [0.1, 0.15) is 22.4 Å². The Morgan fingerprint density at radius 1 is 1.07 bits per heavy atom. The van der Waals surface area contributed by atoms with E-state index < -0.39 is 16.1 Å². The Morgan fingerprint density at radius 3 is 2.41 bits per heavy atom. The van der Waals surface area contributed by atoms with Crippen molar-refractivity contribution >= 4 is 15.9 Å². The van der Waals surface area contributed by atoms with Gasteiger partial charge in [-0.25, -0.2) is 8.42 Å². The van der Waals surface area contributed by atoms with Gasteiger partial charge in [0, 0.05) is 19.2 Å². The zero-order chi connectivity index (χ0) is 19.6. The quantitative estimate of drug-likeness (QED) is 0.843. The number of piperazine rings is 1. The molecule has 1 aliphatic heterocycles. The Kier molecular flexibility index (Phi) is 5.38. The molecule has 0 spiro atoms. The monoisotopic (exact) mass is 390 g/mol. The molecule has 1 fully saturated rings. The third kappa shape index (κ3) is 3.63. The fourth-order valence-electron chi connectivity index (χ4n) is 3.09. The molecule has 2 aromatic rings. The van der Waals surface area contributed by atoms with Gasteiger partial charge in [-0.1, -0.05) is 29.8 Å². The SMILES string of the molecule is COc1ccc(S(=O)(=O)N2CCNC(=O)C2c2ccc(C)cc2)c(OC)c1. The van der Waals surface area contributed by atoms with Gasteiger partial charge in [0.2, 0.25) is 15.9 Å². The van der Waals surface area contributed by atoms with Gasteiger partial charge in [-0.3, -0.25) is 4.79 Å². The molecule has 0 saturated carbocycles. The first kappa shape index (κ1) is 19.2. The lowest BCUT2D eigenvalue weighted by Gasteiger charge is -2.34. The fraction of sp³-hybridized carbons (Fsp3) is 0.316. The second-order valence-electron chi connectivity index (χ2n) is 6.24. The van der Waals surface area contributed by atoms with Crippen molar-refractivity contribution in [3.05, 3.63) is 53.6 Å². The molecule has 0 aliphatic carbocycles. The summed E-state index contributed by atoms with van der Waals surface area (Å²) < 4.78 is 38.4. The van der Waals surface area contributed by atoms with Crippen LogP contribution >= 0.6 is 0 Å². The number of hydrogen-bond acceptors (Lipinski definition) is 5. The predicted octanol–water partition coefficient (Wildman–Crippen LogP) is 1.87. The molecule has 1 unspecified atom stereocenters. The van der Waals surface area contributed by atoms with Crippen LogP contribution in [0.1, 0.15) is 17.2 Å². The smallest absolute Gasteiger partial charge is 0.247 e. The molecule has 1 atom stereocenters. The lowest BCUT2D eigenvalue weighted by atomic mass is 10.0. The molecule has 27 heavy (non-hydrogen) atoms. The minimum absolute atomic E-state index is 0.00221. The summed E-state index contributed by atoms with van der Waals surface area (Å²) in [6.45, 7) is 2.35. The van der Waals surface area contributed by atoms with Crippen molar-refractivity contribution in [3.63, 3.8) is 0 Å². The van der Waals surface area contributed by atoms with E-state index in [2.05, 4.69) is 5.32 Å². The van der Waals surface area contributed by atoms with Crippen LogP contribution in [-0.2, 0) is 14.8 Å². The van der Waals surface area contributed by atoms with Crippen molar-refractivity contribution in [2.45, 2.75) is 17.9 Å². The van der Waals surface area contributed by atoms with E-state index in [1.54, 1.807) is 18.2 Å². The van der Waals surface area contributed by atoms with Gasteiger partial charge >= 0.3 is 0 Å². The molecule has 0 radical (unpaired) electrons. The normalized spacial score (nSPS) is 18.0. The van der Waals surface area contributed by atoms with Crippen molar-refractivity contribution in [1.29, 1.82) is 0 Å². The molecule has 1 amide bonds. The molecule has 0 bridgehead atoms. The summed E-state index contributed by atoms with van der Waals surface area (Å²) >= 11 is 0.